The van der Waals surface area contributed by atoms with Crippen LogP contribution in [0.3, 0.4) is 0 Å². The Kier molecular flexibility index (Phi) is 10.7. The van der Waals surface area contributed by atoms with Crippen molar-refractivity contribution < 1.29 is 14.6 Å². The van der Waals surface area contributed by atoms with Gasteiger partial charge in [-0.1, -0.05) is 31.2 Å². The van der Waals surface area contributed by atoms with Gasteiger partial charge in [-0.25, -0.2) is 0 Å². The molecule has 1 unspecified atom stereocenters. The molecule has 0 radical (unpaired) electrons. The van der Waals surface area contributed by atoms with Crippen LogP contribution in [0, 0.1) is 0 Å². The Balaban J connectivity index is 3.36. The Bertz CT molecular complexity index is 244. The molecule has 0 rings (SSSR count). The maximum Gasteiger partial charge on any atom is 0.304 e. The third-order valence-electron chi connectivity index (χ3n) is 2.20. The van der Waals surface area contributed by atoms with Crippen LogP contribution >= 0.6 is 0 Å². The van der Waals surface area contributed by atoms with Gasteiger partial charge >= 0.3 is 5.97 Å². The molecule has 0 bridgehead atoms. The highest BCUT2D eigenvalue weighted by molar-refractivity contribution is 5.66. The smallest absolute Gasteiger partial charge is 0.304 e. The van der Waals surface area contributed by atoms with Gasteiger partial charge in [0, 0.05) is 13.3 Å². The maximum atomic E-state index is 10.5. The highest BCUT2D eigenvalue weighted by atomic mass is 16.6. The van der Waals surface area contributed by atoms with E-state index in [1.807, 2.05) is 12.2 Å². The quantitative estimate of drug-likeness (QED) is 0.291. The minimum Gasteiger partial charge on any atom is -0.436 e. The van der Waals surface area contributed by atoms with E-state index < -0.39 is 12.3 Å². The van der Waals surface area contributed by atoms with E-state index in [0.717, 1.165) is 25.7 Å². The summed E-state index contributed by atoms with van der Waals surface area (Å²) in [5.74, 6) is -0.450. The summed E-state index contributed by atoms with van der Waals surface area (Å²) in [5.41, 5.74) is 0. The Hall–Kier alpha value is -1.09. The van der Waals surface area contributed by atoms with Crippen LogP contribution in [-0.2, 0) is 9.53 Å². The molecule has 0 amide bonds. The average molecular weight is 240 g/mol. The molecule has 0 aliphatic heterocycles. The topological polar surface area (TPSA) is 46.5 Å². The van der Waals surface area contributed by atoms with Gasteiger partial charge in [0.1, 0.15) is 0 Å². The third kappa shape index (κ3) is 12.8. The zero-order valence-corrected chi connectivity index (χ0v) is 10.9. The molecule has 1 atom stereocenters. The van der Waals surface area contributed by atoms with Gasteiger partial charge in [-0.05, 0) is 32.1 Å². The lowest BCUT2D eigenvalue weighted by molar-refractivity contribution is -0.164. The van der Waals surface area contributed by atoms with Gasteiger partial charge < -0.3 is 9.84 Å². The number of hydrogen-bond acceptors (Lipinski definition) is 3. The van der Waals surface area contributed by atoms with Crippen molar-refractivity contribution in [3.05, 3.63) is 24.3 Å². The van der Waals surface area contributed by atoms with Crippen molar-refractivity contribution in [3.8, 4) is 0 Å². The van der Waals surface area contributed by atoms with Crippen LogP contribution in [0.25, 0.3) is 0 Å². The monoisotopic (exact) mass is 240 g/mol. The predicted molar refractivity (Wildman–Crippen MR) is 69.4 cm³/mol. The van der Waals surface area contributed by atoms with Crippen molar-refractivity contribution in [2.45, 2.75) is 58.7 Å². The summed E-state index contributed by atoms with van der Waals surface area (Å²) in [6, 6.07) is 0. The molecule has 3 nitrogen and oxygen atoms in total. The van der Waals surface area contributed by atoms with E-state index in [1.54, 1.807) is 0 Å². The lowest BCUT2D eigenvalue weighted by Gasteiger charge is -2.06. The summed E-state index contributed by atoms with van der Waals surface area (Å²) in [6.07, 6.45) is 13.2. The van der Waals surface area contributed by atoms with Crippen molar-refractivity contribution in [3.63, 3.8) is 0 Å². The van der Waals surface area contributed by atoms with Crippen molar-refractivity contribution in [2.24, 2.45) is 0 Å². The number of rotatable bonds is 9. The molecule has 0 heterocycles. The van der Waals surface area contributed by atoms with E-state index >= 15 is 0 Å². The number of allylic oxidation sites excluding steroid dienone is 3. The molecule has 0 aliphatic rings. The number of carbonyl (C=O) groups is 1. The SMILES string of the molecule is CC/C=C/CCCC/C=C/CC(O)OC(C)=O. The molecule has 1 N–H and O–H groups in total. The molecule has 98 valence electrons. The average Bonchev–Trinajstić information content (AvgIpc) is 2.26. The standard InChI is InChI=1S/C14H24O3/c1-3-4-5-6-7-8-9-10-11-12-14(16)17-13(2)15/h4-5,10-11,14,16H,3,6-9,12H2,1-2H3/b5-4+,11-10+. The van der Waals surface area contributed by atoms with Gasteiger partial charge in [-0.3, -0.25) is 4.79 Å². The number of ether oxygens (including phenoxy) is 1. The number of aliphatic hydroxyl groups is 1. The Morgan fingerprint density at radius 1 is 1.18 bits per heavy atom. The molecular formula is C14H24O3. The van der Waals surface area contributed by atoms with Crippen LogP contribution in [0.2, 0.25) is 0 Å². The van der Waals surface area contributed by atoms with Crippen molar-refractivity contribution in [2.75, 3.05) is 0 Å². The molecule has 0 saturated carbocycles. The first-order valence-corrected chi connectivity index (χ1v) is 6.32. The van der Waals surface area contributed by atoms with E-state index in [1.165, 1.54) is 13.3 Å². The van der Waals surface area contributed by atoms with Crippen molar-refractivity contribution in [1.82, 2.24) is 0 Å². The molecule has 0 spiro atoms. The zero-order chi connectivity index (χ0) is 12.9. The Labute approximate surface area is 104 Å². The minimum absolute atomic E-state index is 0.370. The molecule has 3 heteroatoms. The molecule has 0 fully saturated rings. The largest absolute Gasteiger partial charge is 0.436 e. The third-order valence-corrected chi connectivity index (χ3v) is 2.20. The summed E-state index contributed by atoms with van der Waals surface area (Å²) in [5, 5.41) is 9.22. The van der Waals surface area contributed by atoms with Crippen LogP contribution < -0.4 is 0 Å². The molecule has 0 aromatic heterocycles. The first kappa shape index (κ1) is 15.9. The summed E-state index contributed by atoms with van der Waals surface area (Å²) < 4.78 is 4.58. The van der Waals surface area contributed by atoms with E-state index in [9.17, 15) is 9.90 Å². The van der Waals surface area contributed by atoms with Gasteiger partial charge in [0.15, 0.2) is 0 Å². The fourth-order valence-electron chi connectivity index (χ4n) is 1.38. The predicted octanol–water partition coefficient (Wildman–Crippen LogP) is 3.34. The van der Waals surface area contributed by atoms with E-state index in [2.05, 4.69) is 23.8 Å². The first-order chi connectivity index (χ1) is 8.16. The van der Waals surface area contributed by atoms with Crippen LogP contribution in [0.15, 0.2) is 24.3 Å². The second kappa shape index (κ2) is 11.4. The van der Waals surface area contributed by atoms with Crippen LogP contribution in [-0.4, -0.2) is 17.4 Å². The highest BCUT2D eigenvalue weighted by Gasteiger charge is 2.03. The van der Waals surface area contributed by atoms with Gasteiger partial charge in [-0.15, -0.1) is 0 Å². The van der Waals surface area contributed by atoms with Gasteiger partial charge in [0.25, 0.3) is 0 Å². The summed E-state index contributed by atoms with van der Waals surface area (Å²) in [6.45, 7) is 3.42. The van der Waals surface area contributed by atoms with Crippen LogP contribution in [0.5, 0.6) is 0 Å². The summed E-state index contributed by atoms with van der Waals surface area (Å²) >= 11 is 0. The number of carbonyl (C=O) groups excluding carboxylic acids is 1. The number of aliphatic hydroxyl groups excluding tert-OH is 1. The van der Waals surface area contributed by atoms with Gasteiger partial charge in [-0.2, -0.15) is 0 Å². The molecule has 0 aromatic rings. The molecular weight excluding hydrogens is 216 g/mol. The van der Waals surface area contributed by atoms with Crippen molar-refractivity contribution in [1.29, 1.82) is 0 Å². The first-order valence-electron chi connectivity index (χ1n) is 6.32. The molecule has 17 heavy (non-hydrogen) atoms. The normalized spacial score (nSPS) is 13.4. The molecule has 0 aromatic carbocycles. The molecule has 0 saturated heterocycles. The number of unbranched alkanes of at least 4 members (excludes halogenated alkanes) is 3. The van der Waals surface area contributed by atoms with E-state index in [0.29, 0.717) is 6.42 Å². The zero-order valence-electron chi connectivity index (χ0n) is 10.9. The lowest BCUT2D eigenvalue weighted by atomic mass is 10.1. The summed E-state index contributed by atoms with van der Waals surface area (Å²) in [7, 11) is 0. The fourth-order valence-corrected chi connectivity index (χ4v) is 1.38. The second-order valence-corrected chi connectivity index (χ2v) is 3.94. The van der Waals surface area contributed by atoms with Gasteiger partial charge in [0.05, 0.1) is 0 Å². The van der Waals surface area contributed by atoms with Crippen molar-refractivity contribution >= 4 is 5.97 Å². The Morgan fingerprint density at radius 3 is 2.29 bits per heavy atom. The van der Waals surface area contributed by atoms with E-state index in [4.69, 9.17) is 0 Å². The van der Waals surface area contributed by atoms with Crippen LogP contribution in [0.1, 0.15) is 52.4 Å². The Morgan fingerprint density at radius 2 is 1.76 bits per heavy atom. The second-order valence-electron chi connectivity index (χ2n) is 3.94. The highest BCUT2D eigenvalue weighted by Crippen LogP contribution is 2.03. The number of hydrogen-bond donors (Lipinski definition) is 1. The fraction of sp³-hybridized carbons (Fsp3) is 0.643. The molecule has 0 aliphatic carbocycles. The van der Waals surface area contributed by atoms with Gasteiger partial charge in [0.2, 0.25) is 6.29 Å². The lowest BCUT2D eigenvalue weighted by Crippen LogP contribution is -2.13. The maximum absolute atomic E-state index is 10.5. The number of esters is 1. The van der Waals surface area contributed by atoms with Crippen LogP contribution in [0.4, 0.5) is 0 Å². The van der Waals surface area contributed by atoms with E-state index in [-0.39, 0.29) is 0 Å². The summed E-state index contributed by atoms with van der Waals surface area (Å²) in [4.78, 5) is 10.5. The minimum atomic E-state index is -1.00.